The second-order valence-corrected chi connectivity index (χ2v) is 8.82. The largest absolute Gasteiger partial charge is 1.00 e. The minimum absolute atomic E-state index is 0. The van der Waals surface area contributed by atoms with Gasteiger partial charge in [0.25, 0.3) is 0 Å². The molecule has 0 spiro atoms. The molecule has 0 saturated heterocycles. The van der Waals surface area contributed by atoms with E-state index in [1.54, 1.807) is 3.88 Å². The molecular weight excluding hydrogens is 397 g/mol. The molecule has 4 heteroatoms. The van der Waals surface area contributed by atoms with E-state index in [-0.39, 0.29) is 30.2 Å². The normalized spacial score (nSPS) is 15.1. The van der Waals surface area contributed by atoms with Crippen LogP contribution in [0.15, 0.2) is 81.3 Å². The van der Waals surface area contributed by atoms with Crippen molar-refractivity contribution in [2.24, 2.45) is 5.41 Å². The number of nitrogens with zero attached hydrogens (tertiary/aromatic N) is 1. The zero-order valence-corrected chi connectivity index (χ0v) is 19.1. The van der Waals surface area contributed by atoms with Gasteiger partial charge in [-0.2, -0.15) is 0 Å². The smallest absolute Gasteiger partial charge is 1.00 e. The summed E-state index contributed by atoms with van der Waals surface area (Å²) in [7, 11) is 0. The van der Waals surface area contributed by atoms with Crippen molar-refractivity contribution in [2.45, 2.75) is 34.6 Å². The summed E-state index contributed by atoms with van der Waals surface area (Å²) in [5, 5.41) is 0. The molecule has 0 atom stereocenters. The molecule has 2 aromatic rings. The van der Waals surface area contributed by atoms with Gasteiger partial charge in [0.05, 0.1) is 0 Å². The van der Waals surface area contributed by atoms with Crippen LogP contribution in [0.5, 0.6) is 0 Å². The quantitative estimate of drug-likeness (QED) is 0.649. The molecule has 26 heavy (non-hydrogen) atoms. The van der Waals surface area contributed by atoms with Crippen molar-refractivity contribution in [3.8, 4) is 0 Å². The van der Waals surface area contributed by atoms with Crippen molar-refractivity contribution in [1.29, 1.82) is 0 Å². The van der Waals surface area contributed by atoms with Crippen LogP contribution in [0.1, 0.15) is 34.6 Å². The Hall–Kier alpha value is -0.986. The minimum Gasteiger partial charge on any atom is -1.00 e. The van der Waals surface area contributed by atoms with Crippen LogP contribution in [0.4, 0.5) is 11.4 Å². The summed E-state index contributed by atoms with van der Waals surface area (Å²) in [6, 6.07) is 21.6. The average molecular weight is 422 g/mol. The Kier molecular flexibility index (Phi) is 8.23. The SMILES string of the molecule is CC1=C(C)C(C)(C)[C]([Ti+2][N](c2ccccc2)c2ccccc2)=C1C.[Cl-].[Cl-]. The number of halogens is 2. The summed E-state index contributed by atoms with van der Waals surface area (Å²) >= 11 is -0.483. The first-order valence-electron chi connectivity index (χ1n) is 8.49. The van der Waals surface area contributed by atoms with Gasteiger partial charge in [0.15, 0.2) is 0 Å². The van der Waals surface area contributed by atoms with Gasteiger partial charge in [0, 0.05) is 0 Å². The Morgan fingerprint density at radius 3 is 1.46 bits per heavy atom. The fourth-order valence-electron chi connectivity index (χ4n) is 3.36. The van der Waals surface area contributed by atoms with Crippen molar-refractivity contribution < 1.29 is 44.2 Å². The number of hydrogen-bond acceptors (Lipinski definition) is 1. The van der Waals surface area contributed by atoms with E-state index in [2.05, 4.69) is 98.7 Å². The van der Waals surface area contributed by atoms with Gasteiger partial charge in [-0.1, -0.05) is 0 Å². The molecule has 136 valence electrons. The molecule has 0 bridgehead atoms. The molecule has 1 aliphatic rings. The summed E-state index contributed by atoms with van der Waals surface area (Å²) in [4.78, 5) is 0. The summed E-state index contributed by atoms with van der Waals surface area (Å²) in [5.41, 5.74) is 7.29. The molecule has 0 heterocycles. The van der Waals surface area contributed by atoms with E-state index in [1.807, 2.05) is 0 Å². The Morgan fingerprint density at radius 1 is 0.692 bits per heavy atom. The minimum atomic E-state index is -0.483. The molecule has 0 N–H and O–H groups in total. The van der Waals surface area contributed by atoms with Gasteiger partial charge < -0.3 is 24.8 Å². The van der Waals surface area contributed by atoms with Gasteiger partial charge in [-0.25, -0.2) is 0 Å². The third kappa shape index (κ3) is 4.29. The van der Waals surface area contributed by atoms with Crippen LogP contribution in [-0.2, 0) is 19.4 Å². The van der Waals surface area contributed by atoms with E-state index in [4.69, 9.17) is 0 Å². The summed E-state index contributed by atoms with van der Waals surface area (Å²) in [6.45, 7) is 11.7. The number of hydrogen-bond donors (Lipinski definition) is 0. The Labute approximate surface area is 179 Å². The number of allylic oxidation sites excluding steroid dienone is 4. The van der Waals surface area contributed by atoms with Crippen LogP contribution in [0.3, 0.4) is 0 Å². The molecule has 0 aromatic heterocycles. The number of rotatable bonds is 4. The second kappa shape index (κ2) is 9.28. The van der Waals surface area contributed by atoms with Crippen LogP contribution in [0.2, 0.25) is 0 Å². The topological polar surface area (TPSA) is 3.24 Å². The van der Waals surface area contributed by atoms with E-state index in [1.165, 1.54) is 28.1 Å². The second-order valence-electron chi connectivity index (χ2n) is 6.99. The van der Waals surface area contributed by atoms with E-state index < -0.39 is 19.4 Å². The van der Waals surface area contributed by atoms with Gasteiger partial charge in [0.1, 0.15) is 0 Å². The number of para-hydroxylation sites is 2. The fraction of sp³-hybridized carbons (Fsp3) is 0.273. The molecule has 0 fully saturated rings. The zero-order valence-electron chi connectivity index (χ0n) is 16.0. The van der Waals surface area contributed by atoms with Gasteiger partial charge in [0.2, 0.25) is 0 Å². The van der Waals surface area contributed by atoms with Crippen LogP contribution < -0.4 is 28.2 Å². The van der Waals surface area contributed by atoms with E-state index in [9.17, 15) is 0 Å². The van der Waals surface area contributed by atoms with Gasteiger partial charge in [-0.05, 0) is 0 Å². The predicted molar refractivity (Wildman–Crippen MR) is 99.9 cm³/mol. The third-order valence-electron chi connectivity index (χ3n) is 5.31. The van der Waals surface area contributed by atoms with Crippen molar-refractivity contribution in [2.75, 3.05) is 3.38 Å². The molecule has 1 aliphatic carbocycles. The molecule has 1 nitrogen and oxygen atoms in total. The first kappa shape index (κ1) is 23.1. The van der Waals surface area contributed by atoms with E-state index in [0.29, 0.717) is 0 Å². The van der Waals surface area contributed by atoms with Gasteiger partial charge >= 0.3 is 155 Å². The number of anilines is 2. The Balaban J connectivity index is 0.00000169. The van der Waals surface area contributed by atoms with Crippen LogP contribution in [0.25, 0.3) is 0 Å². The maximum absolute atomic E-state index is 2.55. The molecule has 0 aliphatic heterocycles. The maximum Gasteiger partial charge on any atom is -1.00 e. The van der Waals surface area contributed by atoms with Crippen LogP contribution >= 0.6 is 0 Å². The number of benzene rings is 2. The van der Waals surface area contributed by atoms with Crippen molar-refractivity contribution in [3.63, 3.8) is 0 Å². The molecule has 2 aromatic carbocycles. The monoisotopic (exact) mass is 421 g/mol. The summed E-state index contributed by atoms with van der Waals surface area (Å²) in [6.07, 6.45) is 0. The van der Waals surface area contributed by atoms with E-state index >= 15 is 0 Å². The fourth-order valence-corrected chi connectivity index (χ4v) is 5.86. The molecule has 3 rings (SSSR count). The van der Waals surface area contributed by atoms with Crippen molar-refractivity contribution in [3.05, 3.63) is 81.3 Å². The predicted octanol–water partition coefficient (Wildman–Crippen LogP) is 0.480. The first-order valence-corrected chi connectivity index (χ1v) is 9.97. The Bertz CT molecular complexity index is 756. The van der Waals surface area contributed by atoms with E-state index in [0.717, 1.165) is 0 Å². The van der Waals surface area contributed by atoms with Crippen molar-refractivity contribution >= 4 is 11.4 Å². The third-order valence-corrected chi connectivity index (χ3v) is 8.38. The van der Waals surface area contributed by atoms with Crippen molar-refractivity contribution in [1.82, 2.24) is 0 Å². The van der Waals surface area contributed by atoms with Crippen LogP contribution in [0, 0.1) is 5.41 Å². The van der Waals surface area contributed by atoms with Gasteiger partial charge in [-0.15, -0.1) is 0 Å². The molecular formula is C22H25Cl2NTi. The van der Waals surface area contributed by atoms with Crippen LogP contribution in [-0.4, -0.2) is 0 Å². The zero-order chi connectivity index (χ0) is 17.3. The first-order chi connectivity index (χ1) is 11.4. The molecule has 0 saturated carbocycles. The Morgan fingerprint density at radius 2 is 1.12 bits per heavy atom. The van der Waals surface area contributed by atoms with Gasteiger partial charge in [-0.3, -0.25) is 0 Å². The molecule has 0 amide bonds. The standard InChI is InChI=1S/C12H10N.C10H15.2ClH.Ti/c1-3-7-11(8-4-1)13-12-9-5-2-6-10-12;1-7-6-10(4,5)9(3)8(7)2;;;/h1-10H;1-5H3;2*1H;/q-1;;;;+3/p-2. The average Bonchev–Trinajstić information content (AvgIpc) is 2.75. The molecule has 0 radical (unpaired) electrons. The summed E-state index contributed by atoms with van der Waals surface area (Å²) < 4.78 is 4.19. The maximum atomic E-state index is 2.55. The molecule has 0 unspecified atom stereocenters. The summed E-state index contributed by atoms with van der Waals surface area (Å²) in [5.74, 6) is 0.